The van der Waals surface area contributed by atoms with Gasteiger partial charge in [-0.3, -0.25) is 0 Å². The van der Waals surface area contributed by atoms with E-state index >= 15 is 0 Å². The molecule has 0 fully saturated rings. The van der Waals surface area contributed by atoms with Gasteiger partial charge in [0.15, 0.2) is 0 Å². The van der Waals surface area contributed by atoms with Crippen LogP contribution in [0.15, 0.2) is 30.3 Å². The molecule has 1 aromatic rings. The Morgan fingerprint density at radius 3 is 2.28 bits per heavy atom. The van der Waals surface area contributed by atoms with Crippen LogP contribution in [0.5, 0.6) is 0 Å². The molecule has 0 saturated carbocycles. The molecular formula is C16H24N2. The smallest absolute Gasteiger partial charge is 0.0845 e. The molecule has 1 aromatic carbocycles. The molecule has 1 rings (SSSR count). The largest absolute Gasteiger partial charge is 0.309 e. The second-order valence-electron chi connectivity index (χ2n) is 5.51. The van der Waals surface area contributed by atoms with Gasteiger partial charge in [-0.05, 0) is 45.0 Å². The molecule has 0 aromatic heterocycles. The zero-order chi connectivity index (χ0) is 13.6. The van der Waals surface area contributed by atoms with E-state index in [4.69, 9.17) is 0 Å². The van der Waals surface area contributed by atoms with Gasteiger partial charge in [0.25, 0.3) is 0 Å². The fourth-order valence-electron chi connectivity index (χ4n) is 2.43. The summed E-state index contributed by atoms with van der Waals surface area (Å²) in [6.07, 6.45) is 1.97. The maximum atomic E-state index is 9.70. The molecule has 98 valence electrons. The lowest BCUT2D eigenvalue weighted by Crippen LogP contribution is -2.31. The van der Waals surface area contributed by atoms with Gasteiger partial charge in [-0.2, -0.15) is 5.26 Å². The molecule has 0 saturated heterocycles. The van der Waals surface area contributed by atoms with Crippen molar-refractivity contribution in [3.05, 3.63) is 35.9 Å². The molecule has 1 unspecified atom stereocenters. The summed E-state index contributed by atoms with van der Waals surface area (Å²) in [4.78, 5) is 2.17. The van der Waals surface area contributed by atoms with Gasteiger partial charge in [-0.1, -0.05) is 44.2 Å². The van der Waals surface area contributed by atoms with Gasteiger partial charge < -0.3 is 4.90 Å². The summed E-state index contributed by atoms with van der Waals surface area (Å²) < 4.78 is 0. The Morgan fingerprint density at radius 1 is 1.22 bits per heavy atom. The summed E-state index contributed by atoms with van der Waals surface area (Å²) in [6.45, 7) is 5.32. The fourth-order valence-corrected chi connectivity index (χ4v) is 2.43. The molecule has 0 bridgehead atoms. The van der Waals surface area contributed by atoms with Crippen LogP contribution in [0.4, 0.5) is 0 Å². The Labute approximate surface area is 111 Å². The van der Waals surface area contributed by atoms with Gasteiger partial charge in [0, 0.05) is 0 Å². The SMILES string of the molecule is CC(C)C(C#N)(CCCN(C)C)c1ccccc1. The Morgan fingerprint density at radius 2 is 1.83 bits per heavy atom. The number of hydrogen-bond donors (Lipinski definition) is 0. The molecule has 0 amide bonds. The number of nitrogens with zero attached hydrogens (tertiary/aromatic N) is 2. The highest BCUT2D eigenvalue weighted by atomic mass is 15.0. The van der Waals surface area contributed by atoms with E-state index in [9.17, 15) is 5.26 Å². The van der Waals surface area contributed by atoms with Gasteiger partial charge in [-0.25, -0.2) is 0 Å². The second kappa shape index (κ2) is 6.56. The maximum Gasteiger partial charge on any atom is 0.0845 e. The van der Waals surface area contributed by atoms with Crippen molar-refractivity contribution in [1.29, 1.82) is 5.26 Å². The molecule has 0 spiro atoms. The van der Waals surface area contributed by atoms with Crippen molar-refractivity contribution >= 4 is 0 Å². The molecule has 18 heavy (non-hydrogen) atoms. The number of rotatable bonds is 6. The van der Waals surface area contributed by atoms with Crippen molar-refractivity contribution in [3.63, 3.8) is 0 Å². The predicted molar refractivity (Wildman–Crippen MR) is 76.4 cm³/mol. The van der Waals surface area contributed by atoms with Crippen molar-refractivity contribution < 1.29 is 0 Å². The molecule has 2 nitrogen and oxygen atoms in total. The molecule has 0 heterocycles. The monoisotopic (exact) mass is 244 g/mol. The van der Waals surface area contributed by atoms with Crippen LogP contribution in [0.1, 0.15) is 32.3 Å². The van der Waals surface area contributed by atoms with Crippen LogP contribution in [0.2, 0.25) is 0 Å². The van der Waals surface area contributed by atoms with Gasteiger partial charge in [0.1, 0.15) is 0 Å². The summed E-state index contributed by atoms with van der Waals surface area (Å²) in [6, 6.07) is 12.8. The molecule has 0 N–H and O–H groups in total. The van der Waals surface area contributed by atoms with Crippen molar-refractivity contribution in [3.8, 4) is 6.07 Å². The van der Waals surface area contributed by atoms with Crippen LogP contribution in [0.3, 0.4) is 0 Å². The molecular weight excluding hydrogens is 220 g/mol. The third-order valence-corrected chi connectivity index (χ3v) is 3.65. The van der Waals surface area contributed by atoms with Gasteiger partial charge in [0.2, 0.25) is 0 Å². The predicted octanol–water partition coefficient (Wildman–Crippen LogP) is 3.45. The average molecular weight is 244 g/mol. The molecule has 0 aliphatic heterocycles. The quantitative estimate of drug-likeness (QED) is 0.766. The van der Waals surface area contributed by atoms with E-state index in [0.717, 1.165) is 24.9 Å². The van der Waals surface area contributed by atoms with Crippen molar-refractivity contribution in [2.24, 2.45) is 5.92 Å². The van der Waals surface area contributed by atoms with Crippen molar-refractivity contribution in [2.75, 3.05) is 20.6 Å². The van der Waals surface area contributed by atoms with Crippen LogP contribution >= 0.6 is 0 Å². The third-order valence-electron chi connectivity index (χ3n) is 3.65. The molecule has 1 atom stereocenters. The van der Waals surface area contributed by atoms with Crippen LogP contribution < -0.4 is 0 Å². The standard InChI is InChI=1S/C16H24N2/c1-14(2)16(13-17,11-8-12-18(3)4)15-9-6-5-7-10-15/h5-7,9-10,14H,8,11-12H2,1-4H3. The van der Waals surface area contributed by atoms with E-state index in [-0.39, 0.29) is 5.41 Å². The minimum atomic E-state index is -0.350. The first-order valence-corrected chi connectivity index (χ1v) is 6.64. The molecule has 2 heteroatoms. The van der Waals surface area contributed by atoms with Gasteiger partial charge >= 0.3 is 0 Å². The topological polar surface area (TPSA) is 27.0 Å². The molecule has 0 aliphatic carbocycles. The maximum absolute atomic E-state index is 9.70. The zero-order valence-corrected chi connectivity index (χ0v) is 12.0. The first-order chi connectivity index (χ1) is 8.53. The van der Waals surface area contributed by atoms with E-state index in [1.165, 1.54) is 0 Å². The van der Waals surface area contributed by atoms with Crippen molar-refractivity contribution in [1.82, 2.24) is 4.90 Å². The number of nitriles is 1. The van der Waals surface area contributed by atoms with Crippen LogP contribution in [-0.4, -0.2) is 25.5 Å². The first kappa shape index (κ1) is 14.7. The lowest BCUT2D eigenvalue weighted by Gasteiger charge is -2.31. The Balaban J connectivity index is 2.93. The summed E-state index contributed by atoms with van der Waals surface area (Å²) in [5.74, 6) is 0.326. The second-order valence-corrected chi connectivity index (χ2v) is 5.51. The molecule has 0 radical (unpaired) electrons. The van der Waals surface area contributed by atoms with Gasteiger partial charge in [-0.15, -0.1) is 0 Å². The fraction of sp³-hybridized carbons (Fsp3) is 0.562. The van der Waals surface area contributed by atoms with Crippen LogP contribution in [-0.2, 0) is 5.41 Å². The van der Waals surface area contributed by atoms with E-state index in [1.807, 2.05) is 18.2 Å². The summed E-state index contributed by atoms with van der Waals surface area (Å²) in [5.41, 5.74) is 0.804. The minimum Gasteiger partial charge on any atom is -0.309 e. The Kier molecular flexibility index (Phi) is 5.37. The van der Waals surface area contributed by atoms with E-state index in [2.05, 4.69) is 51.0 Å². The summed E-state index contributed by atoms with van der Waals surface area (Å²) in [7, 11) is 4.15. The highest BCUT2D eigenvalue weighted by Gasteiger charge is 2.35. The van der Waals surface area contributed by atoms with Crippen LogP contribution in [0.25, 0.3) is 0 Å². The normalized spacial score (nSPS) is 14.5. The highest BCUT2D eigenvalue weighted by Crippen LogP contribution is 2.36. The Bertz CT molecular complexity index is 389. The average Bonchev–Trinajstić information content (AvgIpc) is 2.35. The number of hydrogen-bond acceptors (Lipinski definition) is 2. The Hall–Kier alpha value is -1.33. The lowest BCUT2D eigenvalue weighted by molar-refractivity contribution is 0.322. The zero-order valence-electron chi connectivity index (χ0n) is 12.0. The lowest BCUT2D eigenvalue weighted by atomic mass is 9.70. The third kappa shape index (κ3) is 3.34. The highest BCUT2D eigenvalue weighted by molar-refractivity contribution is 5.33. The van der Waals surface area contributed by atoms with E-state index in [0.29, 0.717) is 5.92 Å². The summed E-state index contributed by atoms with van der Waals surface area (Å²) in [5, 5.41) is 9.70. The van der Waals surface area contributed by atoms with E-state index in [1.54, 1.807) is 0 Å². The van der Waals surface area contributed by atoms with Gasteiger partial charge in [0.05, 0.1) is 11.5 Å². The van der Waals surface area contributed by atoms with E-state index < -0.39 is 0 Å². The number of benzene rings is 1. The van der Waals surface area contributed by atoms with Crippen molar-refractivity contribution in [2.45, 2.75) is 32.1 Å². The molecule has 0 aliphatic rings. The summed E-state index contributed by atoms with van der Waals surface area (Å²) >= 11 is 0. The van der Waals surface area contributed by atoms with Crippen LogP contribution in [0, 0.1) is 17.2 Å². The minimum absolute atomic E-state index is 0.326. The first-order valence-electron chi connectivity index (χ1n) is 6.64.